The molecule has 0 saturated carbocycles. The number of esters is 1. The number of carbonyl (C=O) groups is 2. The van der Waals surface area contributed by atoms with Gasteiger partial charge in [0, 0.05) is 4.47 Å². The van der Waals surface area contributed by atoms with Gasteiger partial charge in [0.1, 0.15) is 13.2 Å². The Hall–Kier alpha value is -2.94. The first-order valence-electron chi connectivity index (χ1n) is 9.66. The molecular formula is C22H24BrNO7. The molecule has 2 aromatic carbocycles. The maximum Gasteiger partial charge on any atom is 0.310 e. The van der Waals surface area contributed by atoms with Crippen LogP contribution in [0.3, 0.4) is 0 Å². The van der Waals surface area contributed by atoms with Crippen molar-refractivity contribution in [2.75, 3.05) is 34.0 Å². The molecule has 166 valence electrons. The molecule has 0 spiro atoms. The first-order valence-corrected chi connectivity index (χ1v) is 10.5. The molecule has 0 saturated heterocycles. The molecule has 1 heterocycles. The minimum absolute atomic E-state index is 0.0219. The second-order valence-corrected chi connectivity index (χ2v) is 7.68. The summed E-state index contributed by atoms with van der Waals surface area (Å²) >= 11 is 3.40. The Bertz CT molecular complexity index is 963. The molecule has 1 aliphatic rings. The normalized spacial score (nSPS) is 13.2. The van der Waals surface area contributed by atoms with Gasteiger partial charge in [-0.2, -0.15) is 0 Å². The Morgan fingerprint density at radius 2 is 1.74 bits per heavy atom. The SMILES string of the molecule is COc1cc(Br)c(CC(=O)OCC(=O)N[C@H](C)c2ccc3c(c2)OCCO3)cc1OC. The molecular weight excluding hydrogens is 470 g/mol. The van der Waals surface area contributed by atoms with E-state index in [4.69, 9.17) is 23.7 Å². The van der Waals surface area contributed by atoms with E-state index in [1.165, 1.54) is 14.2 Å². The number of carbonyl (C=O) groups excluding carboxylic acids is 2. The van der Waals surface area contributed by atoms with Crippen LogP contribution in [0.4, 0.5) is 0 Å². The molecule has 0 aliphatic carbocycles. The van der Waals surface area contributed by atoms with Crippen molar-refractivity contribution in [2.45, 2.75) is 19.4 Å². The zero-order valence-electron chi connectivity index (χ0n) is 17.5. The standard InChI is InChI=1S/C22H24BrNO7/c1-13(14-4-5-17-20(8-14)30-7-6-29-17)24-21(25)12-31-22(26)10-15-9-18(27-2)19(28-3)11-16(15)23/h4-5,8-9,11,13H,6-7,10,12H2,1-3H3,(H,24,25)/t13-/m1/s1. The summed E-state index contributed by atoms with van der Waals surface area (Å²) in [6.07, 6.45) is -0.0219. The number of halogens is 1. The molecule has 0 radical (unpaired) electrons. The fourth-order valence-electron chi connectivity index (χ4n) is 3.08. The zero-order chi connectivity index (χ0) is 22.4. The predicted octanol–water partition coefficient (Wildman–Crippen LogP) is 3.20. The summed E-state index contributed by atoms with van der Waals surface area (Å²) in [5.74, 6) is 1.44. The molecule has 1 aliphatic heterocycles. The molecule has 0 aromatic heterocycles. The van der Waals surface area contributed by atoms with E-state index in [2.05, 4.69) is 21.2 Å². The molecule has 1 N–H and O–H groups in total. The van der Waals surface area contributed by atoms with Crippen LogP contribution in [-0.4, -0.2) is 45.9 Å². The summed E-state index contributed by atoms with van der Waals surface area (Å²) in [5.41, 5.74) is 1.52. The van der Waals surface area contributed by atoms with Crippen LogP contribution in [0.2, 0.25) is 0 Å². The van der Waals surface area contributed by atoms with Gasteiger partial charge in [0.05, 0.1) is 26.7 Å². The van der Waals surface area contributed by atoms with Gasteiger partial charge < -0.3 is 29.0 Å². The van der Waals surface area contributed by atoms with Crippen LogP contribution in [0.5, 0.6) is 23.0 Å². The third-order valence-corrected chi connectivity index (χ3v) is 5.43. The van der Waals surface area contributed by atoms with Gasteiger partial charge in [-0.1, -0.05) is 22.0 Å². The van der Waals surface area contributed by atoms with E-state index in [9.17, 15) is 9.59 Å². The fourth-order valence-corrected chi connectivity index (χ4v) is 3.54. The van der Waals surface area contributed by atoms with Crippen LogP contribution in [0, 0.1) is 0 Å². The Morgan fingerprint density at radius 1 is 1.06 bits per heavy atom. The highest BCUT2D eigenvalue weighted by Gasteiger charge is 2.18. The third-order valence-electron chi connectivity index (χ3n) is 4.70. The highest BCUT2D eigenvalue weighted by Crippen LogP contribution is 2.34. The van der Waals surface area contributed by atoms with Crippen molar-refractivity contribution in [3.05, 3.63) is 45.9 Å². The number of ether oxygens (including phenoxy) is 5. The second-order valence-electron chi connectivity index (χ2n) is 6.83. The predicted molar refractivity (Wildman–Crippen MR) is 116 cm³/mol. The van der Waals surface area contributed by atoms with Crippen molar-refractivity contribution in [3.8, 4) is 23.0 Å². The van der Waals surface area contributed by atoms with Crippen LogP contribution in [0.15, 0.2) is 34.8 Å². The molecule has 0 unspecified atom stereocenters. The zero-order valence-corrected chi connectivity index (χ0v) is 19.1. The summed E-state index contributed by atoms with van der Waals surface area (Å²) in [5, 5.41) is 2.81. The van der Waals surface area contributed by atoms with Crippen LogP contribution >= 0.6 is 15.9 Å². The summed E-state index contributed by atoms with van der Waals surface area (Å²) in [4.78, 5) is 24.4. The molecule has 0 fully saturated rings. The number of fused-ring (bicyclic) bond motifs is 1. The Balaban J connectivity index is 1.52. The minimum Gasteiger partial charge on any atom is -0.493 e. The number of rotatable bonds is 8. The smallest absolute Gasteiger partial charge is 0.310 e. The Kier molecular flexibility index (Phi) is 7.62. The molecule has 31 heavy (non-hydrogen) atoms. The van der Waals surface area contributed by atoms with Gasteiger partial charge in [0.15, 0.2) is 29.6 Å². The Labute approximate surface area is 188 Å². The minimum atomic E-state index is -0.532. The van der Waals surface area contributed by atoms with Gasteiger partial charge in [0.2, 0.25) is 0 Å². The lowest BCUT2D eigenvalue weighted by Crippen LogP contribution is -2.31. The van der Waals surface area contributed by atoms with Crippen LogP contribution in [-0.2, 0) is 20.7 Å². The van der Waals surface area contributed by atoms with Gasteiger partial charge >= 0.3 is 5.97 Å². The number of methoxy groups -OCH3 is 2. The van der Waals surface area contributed by atoms with Crippen molar-refractivity contribution < 1.29 is 33.3 Å². The average Bonchev–Trinajstić information content (AvgIpc) is 2.78. The summed E-state index contributed by atoms with van der Waals surface area (Å²) in [7, 11) is 3.05. The van der Waals surface area contributed by atoms with Crippen molar-refractivity contribution in [2.24, 2.45) is 0 Å². The first-order chi connectivity index (χ1) is 14.9. The Morgan fingerprint density at radius 3 is 2.45 bits per heavy atom. The monoisotopic (exact) mass is 493 g/mol. The third kappa shape index (κ3) is 5.81. The number of amides is 1. The summed E-state index contributed by atoms with van der Waals surface area (Å²) in [6, 6.07) is 8.62. The molecule has 2 aromatic rings. The lowest BCUT2D eigenvalue weighted by molar-refractivity contribution is -0.148. The van der Waals surface area contributed by atoms with E-state index in [0.29, 0.717) is 46.2 Å². The van der Waals surface area contributed by atoms with E-state index < -0.39 is 11.9 Å². The second kappa shape index (κ2) is 10.4. The molecule has 3 rings (SSSR count). The van der Waals surface area contributed by atoms with Crippen LogP contribution in [0.1, 0.15) is 24.1 Å². The molecule has 0 bridgehead atoms. The maximum absolute atomic E-state index is 12.2. The van der Waals surface area contributed by atoms with E-state index in [0.717, 1.165) is 5.56 Å². The molecule has 1 atom stereocenters. The number of benzene rings is 2. The number of hydrogen-bond donors (Lipinski definition) is 1. The summed E-state index contributed by atoms with van der Waals surface area (Å²) < 4.78 is 27.4. The molecule has 8 nitrogen and oxygen atoms in total. The molecule has 9 heteroatoms. The van der Waals surface area contributed by atoms with E-state index >= 15 is 0 Å². The number of nitrogens with one attached hydrogen (secondary N) is 1. The van der Waals surface area contributed by atoms with Crippen molar-refractivity contribution >= 4 is 27.8 Å². The van der Waals surface area contributed by atoms with Crippen molar-refractivity contribution in [1.82, 2.24) is 5.32 Å². The lowest BCUT2D eigenvalue weighted by atomic mass is 10.1. The average molecular weight is 494 g/mol. The quantitative estimate of drug-likeness (QED) is 0.564. The van der Waals surface area contributed by atoms with Gasteiger partial charge in [-0.3, -0.25) is 9.59 Å². The van der Waals surface area contributed by atoms with Crippen molar-refractivity contribution in [1.29, 1.82) is 0 Å². The number of hydrogen-bond acceptors (Lipinski definition) is 7. The maximum atomic E-state index is 12.2. The van der Waals surface area contributed by atoms with Crippen LogP contribution < -0.4 is 24.3 Å². The van der Waals surface area contributed by atoms with Gasteiger partial charge in [0.25, 0.3) is 5.91 Å². The lowest BCUT2D eigenvalue weighted by Gasteiger charge is -2.21. The topological polar surface area (TPSA) is 92.3 Å². The summed E-state index contributed by atoms with van der Waals surface area (Å²) in [6.45, 7) is 2.47. The highest BCUT2D eigenvalue weighted by molar-refractivity contribution is 9.10. The fraction of sp³-hybridized carbons (Fsp3) is 0.364. The van der Waals surface area contributed by atoms with E-state index in [1.807, 2.05) is 25.1 Å². The van der Waals surface area contributed by atoms with Gasteiger partial charge in [-0.15, -0.1) is 0 Å². The van der Waals surface area contributed by atoms with Gasteiger partial charge in [-0.05, 0) is 42.3 Å². The largest absolute Gasteiger partial charge is 0.493 e. The van der Waals surface area contributed by atoms with Crippen LogP contribution in [0.25, 0.3) is 0 Å². The van der Waals surface area contributed by atoms with Gasteiger partial charge in [-0.25, -0.2) is 0 Å². The van der Waals surface area contributed by atoms with E-state index in [1.54, 1.807) is 12.1 Å². The first kappa shape index (κ1) is 22.7. The molecule has 1 amide bonds. The van der Waals surface area contributed by atoms with Crippen molar-refractivity contribution in [3.63, 3.8) is 0 Å². The highest BCUT2D eigenvalue weighted by atomic mass is 79.9. The van der Waals surface area contributed by atoms with E-state index in [-0.39, 0.29) is 19.1 Å².